The van der Waals surface area contributed by atoms with Gasteiger partial charge in [0.1, 0.15) is 11.2 Å². The molecule has 0 amide bonds. The van der Waals surface area contributed by atoms with E-state index in [9.17, 15) is 14.9 Å². The summed E-state index contributed by atoms with van der Waals surface area (Å²) in [6.07, 6.45) is 0. The molecular formula is C15H17ClN2O4. The third-order valence-electron chi connectivity index (χ3n) is 3.21. The summed E-state index contributed by atoms with van der Waals surface area (Å²) < 4.78 is 6.67. The number of nitro groups is 1. The fourth-order valence-corrected chi connectivity index (χ4v) is 2.61. The maximum Gasteiger partial charge on any atom is 0.354 e. The summed E-state index contributed by atoms with van der Waals surface area (Å²) >= 11 is 6.15. The number of nitro benzene ring substituents is 1. The Labute approximate surface area is 132 Å². The van der Waals surface area contributed by atoms with Gasteiger partial charge < -0.3 is 9.30 Å². The monoisotopic (exact) mass is 324 g/mol. The second kappa shape index (κ2) is 6.36. The molecule has 7 heteroatoms. The zero-order chi connectivity index (χ0) is 16.4. The van der Waals surface area contributed by atoms with Gasteiger partial charge in [0.15, 0.2) is 0 Å². The lowest BCUT2D eigenvalue weighted by molar-refractivity contribution is -0.383. The van der Waals surface area contributed by atoms with Gasteiger partial charge in [0, 0.05) is 18.0 Å². The number of carbonyl (C=O) groups excluding carboxylic acids is 1. The Hall–Kier alpha value is -2.08. The van der Waals surface area contributed by atoms with Crippen LogP contribution in [0.25, 0.3) is 10.9 Å². The number of non-ortho nitro benzene ring substituents is 1. The molecule has 0 fully saturated rings. The van der Waals surface area contributed by atoms with Crippen LogP contribution < -0.4 is 0 Å². The molecule has 0 aliphatic heterocycles. The van der Waals surface area contributed by atoms with Crippen molar-refractivity contribution in [3.8, 4) is 0 Å². The van der Waals surface area contributed by atoms with E-state index in [-0.39, 0.29) is 23.9 Å². The van der Waals surface area contributed by atoms with Gasteiger partial charge in [-0.2, -0.15) is 0 Å². The first-order valence-electron chi connectivity index (χ1n) is 7.00. The Kier molecular flexibility index (Phi) is 4.71. The van der Waals surface area contributed by atoms with E-state index < -0.39 is 10.9 Å². The Morgan fingerprint density at radius 1 is 1.45 bits per heavy atom. The van der Waals surface area contributed by atoms with E-state index in [0.717, 1.165) is 0 Å². The number of nitrogens with zero attached hydrogens (tertiary/aromatic N) is 2. The van der Waals surface area contributed by atoms with E-state index in [1.165, 1.54) is 12.1 Å². The van der Waals surface area contributed by atoms with Crippen molar-refractivity contribution in [2.45, 2.75) is 27.3 Å². The molecule has 0 N–H and O–H groups in total. The largest absolute Gasteiger partial charge is 0.461 e. The molecule has 0 aliphatic rings. The molecule has 0 saturated carbocycles. The molecule has 118 valence electrons. The van der Waals surface area contributed by atoms with Gasteiger partial charge in [-0.15, -0.1) is 0 Å². The number of fused-ring (bicyclic) bond motifs is 1. The number of halogens is 1. The van der Waals surface area contributed by atoms with Crippen LogP contribution in [-0.2, 0) is 11.3 Å². The minimum Gasteiger partial charge on any atom is -0.461 e. The third kappa shape index (κ3) is 2.92. The van der Waals surface area contributed by atoms with Crippen molar-refractivity contribution < 1.29 is 14.5 Å². The van der Waals surface area contributed by atoms with Gasteiger partial charge in [-0.25, -0.2) is 4.79 Å². The zero-order valence-electron chi connectivity index (χ0n) is 12.6. The van der Waals surface area contributed by atoms with Gasteiger partial charge >= 0.3 is 5.97 Å². The zero-order valence-corrected chi connectivity index (χ0v) is 13.4. The summed E-state index contributed by atoms with van der Waals surface area (Å²) in [5, 5.41) is 12.2. The van der Waals surface area contributed by atoms with Crippen LogP contribution in [0.2, 0.25) is 5.02 Å². The topological polar surface area (TPSA) is 74.4 Å². The highest BCUT2D eigenvalue weighted by Gasteiger charge is 2.25. The van der Waals surface area contributed by atoms with Crippen LogP contribution >= 0.6 is 11.6 Å². The minimum absolute atomic E-state index is 0.0735. The lowest BCUT2D eigenvalue weighted by Gasteiger charge is -2.12. The van der Waals surface area contributed by atoms with E-state index in [2.05, 4.69) is 0 Å². The molecule has 2 rings (SSSR count). The highest BCUT2D eigenvalue weighted by molar-refractivity contribution is 6.36. The summed E-state index contributed by atoms with van der Waals surface area (Å²) in [5.41, 5.74) is 0.562. The van der Waals surface area contributed by atoms with Crippen LogP contribution in [-0.4, -0.2) is 22.1 Å². The van der Waals surface area contributed by atoms with Crippen molar-refractivity contribution in [3.63, 3.8) is 0 Å². The molecular weight excluding hydrogens is 308 g/mol. The van der Waals surface area contributed by atoms with E-state index >= 15 is 0 Å². The average Bonchev–Trinajstić information content (AvgIpc) is 2.79. The molecule has 1 aromatic heterocycles. The predicted molar refractivity (Wildman–Crippen MR) is 84.4 cm³/mol. The van der Waals surface area contributed by atoms with Crippen molar-refractivity contribution >= 4 is 34.2 Å². The lowest BCUT2D eigenvalue weighted by Crippen LogP contribution is -2.15. The predicted octanol–water partition coefficient (Wildman–Crippen LogP) is 4.04. The second-order valence-electron chi connectivity index (χ2n) is 5.34. The van der Waals surface area contributed by atoms with Gasteiger partial charge in [0.25, 0.3) is 5.69 Å². The average molecular weight is 325 g/mol. The van der Waals surface area contributed by atoms with Crippen molar-refractivity contribution in [2.75, 3.05) is 6.61 Å². The van der Waals surface area contributed by atoms with Crippen molar-refractivity contribution in [1.82, 2.24) is 4.57 Å². The SMILES string of the molecule is CCOC(=O)c1cc2c(Cl)ccc([N+](=O)[O-])c2n1CC(C)C. The van der Waals surface area contributed by atoms with E-state index in [0.29, 0.717) is 22.5 Å². The molecule has 0 atom stereocenters. The van der Waals surface area contributed by atoms with E-state index in [1.807, 2.05) is 13.8 Å². The number of esters is 1. The van der Waals surface area contributed by atoms with Gasteiger partial charge in [0.2, 0.25) is 0 Å². The van der Waals surface area contributed by atoms with Crippen molar-refractivity contribution in [1.29, 1.82) is 0 Å². The van der Waals surface area contributed by atoms with E-state index in [1.54, 1.807) is 17.6 Å². The third-order valence-corrected chi connectivity index (χ3v) is 3.54. The number of aromatic nitrogens is 1. The molecule has 6 nitrogen and oxygen atoms in total. The molecule has 0 bridgehead atoms. The van der Waals surface area contributed by atoms with Crippen LogP contribution in [0.5, 0.6) is 0 Å². The number of hydrogen-bond acceptors (Lipinski definition) is 4. The number of benzene rings is 1. The van der Waals surface area contributed by atoms with Crippen LogP contribution in [0.3, 0.4) is 0 Å². The van der Waals surface area contributed by atoms with Crippen LogP contribution in [0.15, 0.2) is 18.2 Å². The Bertz CT molecular complexity index is 737. The summed E-state index contributed by atoms with van der Waals surface area (Å²) in [6.45, 7) is 6.34. The molecule has 2 aromatic rings. The summed E-state index contributed by atoms with van der Waals surface area (Å²) in [6, 6.07) is 4.39. The number of carbonyl (C=O) groups is 1. The molecule has 0 unspecified atom stereocenters. The molecule has 0 saturated heterocycles. The number of rotatable bonds is 5. The molecule has 0 aliphatic carbocycles. The fourth-order valence-electron chi connectivity index (χ4n) is 2.40. The fraction of sp³-hybridized carbons (Fsp3) is 0.400. The van der Waals surface area contributed by atoms with Crippen LogP contribution in [0.1, 0.15) is 31.3 Å². The summed E-state index contributed by atoms with van der Waals surface area (Å²) in [4.78, 5) is 23.0. The minimum atomic E-state index is -0.510. The maximum absolute atomic E-state index is 12.2. The first-order valence-corrected chi connectivity index (χ1v) is 7.37. The Balaban J connectivity index is 2.80. The summed E-state index contributed by atoms with van der Waals surface area (Å²) in [5.74, 6) is -0.313. The molecule has 22 heavy (non-hydrogen) atoms. The quantitative estimate of drug-likeness (QED) is 0.472. The van der Waals surface area contributed by atoms with E-state index in [4.69, 9.17) is 16.3 Å². The standard InChI is InChI=1S/C15H17ClN2O4/c1-4-22-15(19)13-7-10-11(16)5-6-12(18(20)21)14(10)17(13)8-9(2)3/h5-7,9H,4,8H2,1-3H3. The van der Waals surface area contributed by atoms with Gasteiger partial charge in [-0.1, -0.05) is 25.4 Å². The molecule has 1 heterocycles. The molecule has 0 spiro atoms. The smallest absolute Gasteiger partial charge is 0.354 e. The highest BCUT2D eigenvalue weighted by atomic mass is 35.5. The maximum atomic E-state index is 12.2. The summed E-state index contributed by atoms with van der Waals surface area (Å²) in [7, 11) is 0. The molecule has 1 aromatic carbocycles. The Morgan fingerprint density at radius 3 is 2.68 bits per heavy atom. The number of hydrogen-bond donors (Lipinski definition) is 0. The normalized spacial score (nSPS) is 11.1. The van der Waals surface area contributed by atoms with Gasteiger partial charge in [0.05, 0.1) is 16.6 Å². The number of ether oxygens (including phenoxy) is 1. The first-order chi connectivity index (χ1) is 10.4. The second-order valence-corrected chi connectivity index (χ2v) is 5.75. The Morgan fingerprint density at radius 2 is 2.14 bits per heavy atom. The van der Waals surface area contributed by atoms with Gasteiger partial charge in [-0.05, 0) is 25.0 Å². The highest BCUT2D eigenvalue weighted by Crippen LogP contribution is 2.34. The van der Waals surface area contributed by atoms with Crippen LogP contribution in [0, 0.1) is 16.0 Å². The molecule has 0 radical (unpaired) electrons. The van der Waals surface area contributed by atoms with Crippen LogP contribution in [0.4, 0.5) is 5.69 Å². The van der Waals surface area contributed by atoms with Gasteiger partial charge in [-0.3, -0.25) is 10.1 Å². The van der Waals surface area contributed by atoms with Crippen molar-refractivity contribution in [3.05, 3.63) is 39.0 Å². The lowest BCUT2D eigenvalue weighted by atomic mass is 10.2. The first kappa shape index (κ1) is 16.3. The van der Waals surface area contributed by atoms with Crippen molar-refractivity contribution in [2.24, 2.45) is 5.92 Å².